The maximum absolute atomic E-state index is 11.4. The van der Waals surface area contributed by atoms with Crippen LogP contribution in [0.4, 0.5) is 0 Å². The average Bonchev–Trinajstić information content (AvgIpc) is 2.44. The first kappa shape index (κ1) is 14.1. The lowest BCUT2D eigenvalue weighted by atomic mass is 10.2. The molecule has 0 saturated heterocycles. The van der Waals surface area contributed by atoms with E-state index in [1.165, 1.54) is 19.2 Å². The van der Waals surface area contributed by atoms with Crippen molar-refractivity contribution in [3.8, 4) is 17.4 Å². The minimum atomic E-state index is -1.18. The highest BCUT2D eigenvalue weighted by Gasteiger charge is 2.16. The molecule has 0 aliphatic heterocycles. The van der Waals surface area contributed by atoms with Crippen LogP contribution in [0.2, 0.25) is 0 Å². The van der Waals surface area contributed by atoms with E-state index in [0.717, 1.165) is 6.33 Å². The summed E-state index contributed by atoms with van der Waals surface area (Å²) in [4.78, 5) is 28.8. The molecule has 1 heterocycles. The van der Waals surface area contributed by atoms with Crippen molar-refractivity contribution < 1.29 is 19.4 Å². The average molecular weight is 341 g/mol. The smallest absolute Gasteiger partial charge is 0.339 e. The molecule has 0 fully saturated rings. The number of nitrogens with one attached hydrogen (secondary N) is 1. The Bertz CT molecular complexity index is 713. The molecule has 7 nitrogen and oxygen atoms in total. The number of aromatic carboxylic acids is 1. The molecule has 104 valence electrons. The van der Waals surface area contributed by atoms with Crippen molar-refractivity contribution in [1.82, 2.24) is 9.97 Å². The standard InChI is InChI=1S/C12H9BrN2O5/c1-19-6-2-3-8(7(4-6)12(17)18)20-11-9(13)10(16)14-5-15-11/h2-5H,1H3,(H,17,18)(H,14,15,16). The molecule has 0 unspecified atom stereocenters. The van der Waals surface area contributed by atoms with Crippen LogP contribution in [0.15, 0.2) is 33.8 Å². The van der Waals surface area contributed by atoms with E-state index >= 15 is 0 Å². The number of aromatic amines is 1. The monoisotopic (exact) mass is 340 g/mol. The number of carboxylic acid groups (broad SMARTS) is 1. The molecule has 0 bridgehead atoms. The summed E-state index contributed by atoms with van der Waals surface area (Å²) in [6.07, 6.45) is 1.16. The van der Waals surface area contributed by atoms with Crippen molar-refractivity contribution in [3.05, 3.63) is 44.9 Å². The molecule has 0 aliphatic rings. The Morgan fingerprint density at radius 2 is 2.20 bits per heavy atom. The molecule has 0 amide bonds. The molecular formula is C12H9BrN2O5. The summed E-state index contributed by atoms with van der Waals surface area (Å²) in [6.45, 7) is 0. The number of ether oxygens (including phenoxy) is 2. The largest absolute Gasteiger partial charge is 0.497 e. The SMILES string of the molecule is COc1ccc(Oc2nc[nH]c(=O)c2Br)c(C(=O)O)c1. The fourth-order valence-electron chi connectivity index (χ4n) is 1.43. The lowest BCUT2D eigenvalue weighted by Crippen LogP contribution is -2.09. The first-order valence-electron chi connectivity index (χ1n) is 5.35. The lowest BCUT2D eigenvalue weighted by molar-refractivity contribution is 0.0693. The Balaban J connectivity index is 2.45. The molecule has 0 radical (unpaired) electrons. The zero-order chi connectivity index (χ0) is 14.7. The van der Waals surface area contributed by atoms with Gasteiger partial charge in [-0.1, -0.05) is 0 Å². The third kappa shape index (κ3) is 2.80. The summed E-state index contributed by atoms with van der Waals surface area (Å²) in [5, 5.41) is 9.15. The number of nitrogens with zero attached hydrogens (tertiary/aromatic N) is 1. The Morgan fingerprint density at radius 3 is 2.85 bits per heavy atom. The maximum Gasteiger partial charge on any atom is 0.339 e. The van der Waals surface area contributed by atoms with Gasteiger partial charge >= 0.3 is 5.97 Å². The molecule has 0 saturated carbocycles. The van der Waals surface area contributed by atoms with Gasteiger partial charge in [-0.05, 0) is 34.1 Å². The third-order valence-corrected chi connectivity index (χ3v) is 3.09. The van der Waals surface area contributed by atoms with Gasteiger partial charge in [-0.25, -0.2) is 9.78 Å². The molecule has 0 spiro atoms. The van der Waals surface area contributed by atoms with Crippen molar-refractivity contribution in [1.29, 1.82) is 0 Å². The summed E-state index contributed by atoms with van der Waals surface area (Å²) in [7, 11) is 1.43. The van der Waals surface area contributed by atoms with Crippen LogP contribution in [0.25, 0.3) is 0 Å². The molecule has 8 heteroatoms. The number of benzene rings is 1. The fourth-order valence-corrected chi connectivity index (χ4v) is 1.73. The highest BCUT2D eigenvalue weighted by molar-refractivity contribution is 9.10. The van der Waals surface area contributed by atoms with Gasteiger partial charge < -0.3 is 19.6 Å². The third-order valence-electron chi connectivity index (χ3n) is 2.39. The summed E-state index contributed by atoms with van der Waals surface area (Å²) < 4.78 is 10.4. The van der Waals surface area contributed by atoms with Gasteiger partial charge in [-0.15, -0.1) is 0 Å². The van der Waals surface area contributed by atoms with Crippen molar-refractivity contribution in [3.63, 3.8) is 0 Å². The number of halogens is 1. The van der Waals surface area contributed by atoms with Crippen LogP contribution in [0, 0.1) is 0 Å². The zero-order valence-corrected chi connectivity index (χ0v) is 11.8. The molecule has 1 aromatic heterocycles. The number of aromatic nitrogens is 2. The van der Waals surface area contributed by atoms with E-state index in [2.05, 4.69) is 25.9 Å². The van der Waals surface area contributed by atoms with Crippen LogP contribution in [0.1, 0.15) is 10.4 Å². The fraction of sp³-hybridized carbons (Fsp3) is 0.0833. The van der Waals surface area contributed by atoms with E-state index in [4.69, 9.17) is 14.6 Å². The summed E-state index contributed by atoms with van der Waals surface area (Å²) in [5.41, 5.74) is -0.529. The van der Waals surface area contributed by atoms with E-state index in [1.54, 1.807) is 6.07 Å². The first-order valence-corrected chi connectivity index (χ1v) is 6.14. The zero-order valence-electron chi connectivity index (χ0n) is 10.2. The van der Waals surface area contributed by atoms with Crippen molar-refractivity contribution >= 4 is 21.9 Å². The minimum Gasteiger partial charge on any atom is -0.497 e. The van der Waals surface area contributed by atoms with Gasteiger partial charge in [0, 0.05) is 0 Å². The number of methoxy groups -OCH3 is 1. The van der Waals surface area contributed by atoms with Crippen LogP contribution >= 0.6 is 15.9 Å². The quantitative estimate of drug-likeness (QED) is 0.882. The molecule has 2 N–H and O–H groups in total. The molecule has 2 aromatic rings. The molecule has 0 atom stereocenters. The van der Waals surface area contributed by atoms with E-state index in [0.29, 0.717) is 5.75 Å². The highest BCUT2D eigenvalue weighted by atomic mass is 79.9. The van der Waals surface area contributed by atoms with Gasteiger partial charge in [0.05, 0.1) is 13.4 Å². The maximum atomic E-state index is 11.4. The van der Waals surface area contributed by atoms with Crippen molar-refractivity contribution in [2.24, 2.45) is 0 Å². The van der Waals surface area contributed by atoms with E-state index in [9.17, 15) is 9.59 Å². The summed E-state index contributed by atoms with van der Waals surface area (Å²) in [5.74, 6) is -0.772. The number of hydrogen-bond acceptors (Lipinski definition) is 5. The Kier molecular flexibility index (Phi) is 4.04. The second-order valence-corrected chi connectivity index (χ2v) is 4.41. The van der Waals surface area contributed by atoms with Crippen LogP contribution < -0.4 is 15.0 Å². The van der Waals surface area contributed by atoms with Gasteiger partial charge in [-0.3, -0.25) is 4.79 Å². The Labute approximate surface area is 121 Å². The van der Waals surface area contributed by atoms with Gasteiger partial charge in [0.25, 0.3) is 5.56 Å². The molecular weight excluding hydrogens is 332 g/mol. The number of hydrogen-bond donors (Lipinski definition) is 2. The highest BCUT2D eigenvalue weighted by Crippen LogP contribution is 2.30. The van der Waals surface area contributed by atoms with Gasteiger partial charge in [-0.2, -0.15) is 0 Å². The van der Waals surface area contributed by atoms with E-state index in [1.807, 2.05) is 0 Å². The Morgan fingerprint density at radius 1 is 1.45 bits per heavy atom. The van der Waals surface area contributed by atoms with Crippen LogP contribution in [-0.4, -0.2) is 28.2 Å². The van der Waals surface area contributed by atoms with Gasteiger partial charge in [0.1, 0.15) is 21.5 Å². The number of carbonyl (C=O) groups is 1. The van der Waals surface area contributed by atoms with Crippen LogP contribution in [0.5, 0.6) is 17.4 Å². The van der Waals surface area contributed by atoms with Crippen molar-refractivity contribution in [2.75, 3.05) is 7.11 Å². The molecule has 20 heavy (non-hydrogen) atoms. The second kappa shape index (κ2) is 5.74. The first-order chi connectivity index (χ1) is 9.52. The van der Waals surface area contributed by atoms with Crippen LogP contribution in [-0.2, 0) is 0 Å². The number of carboxylic acids is 1. The second-order valence-electron chi connectivity index (χ2n) is 3.62. The Hall–Kier alpha value is -2.35. The predicted molar refractivity (Wildman–Crippen MR) is 72.6 cm³/mol. The normalized spacial score (nSPS) is 10.1. The van der Waals surface area contributed by atoms with Crippen molar-refractivity contribution in [2.45, 2.75) is 0 Å². The summed E-state index contributed by atoms with van der Waals surface area (Å²) >= 11 is 3.02. The van der Waals surface area contributed by atoms with E-state index in [-0.39, 0.29) is 21.7 Å². The van der Waals surface area contributed by atoms with Gasteiger partial charge in [0.15, 0.2) is 0 Å². The number of H-pyrrole nitrogens is 1. The minimum absolute atomic E-state index is 0.0265. The molecule has 1 aromatic carbocycles. The number of rotatable bonds is 4. The summed E-state index contributed by atoms with van der Waals surface area (Å²) in [6, 6.07) is 4.29. The predicted octanol–water partition coefficient (Wildman–Crippen LogP) is 2.03. The lowest BCUT2D eigenvalue weighted by Gasteiger charge is -2.09. The molecule has 2 rings (SSSR count). The molecule has 0 aliphatic carbocycles. The van der Waals surface area contributed by atoms with Gasteiger partial charge in [0.2, 0.25) is 5.88 Å². The van der Waals surface area contributed by atoms with E-state index < -0.39 is 11.5 Å². The topological polar surface area (TPSA) is 102 Å². The van der Waals surface area contributed by atoms with Crippen LogP contribution in [0.3, 0.4) is 0 Å².